The summed E-state index contributed by atoms with van der Waals surface area (Å²) in [5.74, 6) is -0.925. The zero-order valence-corrected chi connectivity index (χ0v) is 24.0. The predicted molar refractivity (Wildman–Crippen MR) is 152 cm³/mol. The van der Waals surface area contributed by atoms with Gasteiger partial charge in [-0.25, -0.2) is 8.42 Å². The Morgan fingerprint density at radius 3 is 2.16 bits per heavy atom. The summed E-state index contributed by atoms with van der Waals surface area (Å²) in [6.07, 6.45) is 0. The van der Waals surface area contributed by atoms with Crippen LogP contribution in [0.15, 0.2) is 77.7 Å². The van der Waals surface area contributed by atoms with Gasteiger partial charge in [0.1, 0.15) is 12.6 Å². The van der Waals surface area contributed by atoms with E-state index in [1.165, 1.54) is 17.0 Å². The molecule has 0 aliphatic rings. The number of carbonyl (C=O) groups is 2. The predicted octanol–water partition coefficient (Wildman–Crippen LogP) is 5.44. The van der Waals surface area contributed by atoms with Crippen LogP contribution in [0.1, 0.15) is 31.9 Å². The number of sulfonamides is 1. The van der Waals surface area contributed by atoms with Crippen molar-refractivity contribution in [2.24, 2.45) is 0 Å². The molecule has 0 aliphatic carbocycles. The van der Waals surface area contributed by atoms with E-state index in [1.807, 2.05) is 13.8 Å². The third-order valence-corrected chi connectivity index (χ3v) is 8.31. The molecular formula is C28H31Cl2N3O4S. The number of amides is 2. The summed E-state index contributed by atoms with van der Waals surface area (Å²) in [6, 6.07) is 18.6. The van der Waals surface area contributed by atoms with Crippen LogP contribution in [0.3, 0.4) is 0 Å². The second kappa shape index (κ2) is 12.7. The average Bonchev–Trinajstić information content (AvgIpc) is 2.86. The zero-order chi connectivity index (χ0) is 28.0. The van der Waals surface area contributed by atoms with E-state index >= 15 is 0 Å². The van der Waals surface area contributed by atoms with E-state index in [9.17, 15) is 18.0 Å². The van der Waals surface area contributed by atoms with Gasteiger partial charge in [-0.15, -0.1) is 0 Å². The molecule has 0 bridgehead atoms. The van der Waals surface area contributed by atoms with Crippen LogP contribution in [0.5, 0.6) is 0 Å². The molecule has 0 spiro atoms. The quantitative estimate of drug-likeness (QED) is 0.348. The number of hydrogen-bond acceptors (Lipinski definition) is 4. The number of nitrogens with zero attached hydrogens (tertiary/aromatic N) is 2. The SMILES string of the molecule is Cc1cc(Cl)ccc1N(CC(=O)N(Cc1ccccc1Cl)[C@@H](C)C(=O)NC(C)C)S(=O)(=O)c1ccccc1. The summed E-state index contributed by atoms with van der Waals surface area (Å²) >= 11 is 12.5. The van der Waals surface area contributed by atoms with Crippen LogP contribution in [0, 0.1) is 6.92 Å². The topological polar surface area (TPSA) is 86.8 Å². The first-order chi connectivity index (χ1) is 17.9. The summed E-state index contributed by atoms with van der Waals surface area (Å²) < 4.78 is 28.7. The number of nitrogens with one attached hydrogen (secondary N) is 1. The minimum Gasteiger partial charge on any atom is -0.352 e. The highest BCUT2D eigenvalue weighted by molar-refractivity contribution is 7.92. The first kappa shape index (κ1) is 29.5. The number of carbonyl (C=O) groups excluding carboxylic acids is 2. The highest BCUT2D eigenvalue weighted by atomic mass is 35.5. The number of hydrogen-bond donors (Lipinski definition) is 1. The molecule has 202 valence electrons. The lowest BCUT2D eigenvalue weighted by Crippen LogP contribution is -2.52. The fraction of sp³-hybridized carbons (Fsp3) is 0.286. The fourth-order valence-corrected chi connectivity index (χ4v) is 5.85. The molecule has 38 heavy (non-hydrogen) atoms. The van der Waals surface area contributed by atoms with Gasteiger partial charge in [0.25, 0.3) is 10.0 Å². The van der Waals surface area contributed by atoms with Crippen LogP contribution in [-0.2, 0) is 26.2 Å². The lowest BCUT2D eigenvalue weighted by molar-refractivity contribution is -0.139. The van der Waals surface area contributed by atoms with Gasteiger partial charge in [0.15, 0.2) is 0 Å². The molecular weight excluding hydrogens is 545 g/mol. The van der Waals surface area contributed by atoms with Crippen molar-refractivity contribution in [3.63, 3.8) is 0 Å². The van der Waals surface area contributed by atoms with Gasteiger partial charge in [-0.05, 0) is 75.2 Å². The van der Waals surface area contributed by atoms with Crippen LogP contribution >= 0.6 is 23.2 Å². The molecule has 0 saturated carbocycles. The number of aryl methyl sites for hydroxylation is 1. The fourth-order valence-electron chi connectivity index (χ4n) is 3.93. The molecule has 7 nitrogen and oxygen atoms in total. The van der Waals surface area contributed by atoms with Crippen molar-refractivity contribution < 1.29 is 18.0 Å². The van der Waals surface area contributed by atoms with Crippen molar-refractivity contribution in [3.05, 3.63) is 94.0 Å². The van der Waals surface area contributed by atoms with E-state index < -0.39 is 28.5 Å². The molecule has 0 fully saturated rings. The van der Waals surface area contributed by atoms with E-state index in [4.69, 9.17) is 23.2 Å². The Balaban J connectivity index is 2.07. The minimum atomic E-state index is -4.15. The summed E-state index contributed by atoms with van der Waals surface area (Å²) in [4.78, 5) is 28.2. The van der Waals surface area contributed by atoms with Crippen molar-refractivity contribution in [2.75, 3.05) is 10.8 Å². The summed E-state index contributed by atoms with van der Waals surface area (Å²) in [6.45, 7) is 6.45. The van der Waals surface area contributed by atoms with Gasteiger partial charge >= 0.3 is 0 Å². The minimum absolute atomic E-state index is 0.0179. The standard InChI is InChI=1S/C28H31Cl2N3O4S/c1-19(2)31-28(35)21(4)32(17-22-10-8-9-13-25(22)30)27(34)18-33(26-15-14-23(29)16-20(26)3)38(36,37)24-11-6-5-7-12-24/h5-16,19,21H,17-18H2,1-4H3,(H,31,35)/t21-/m0/s1. The van der Waals surface area contributed by atoms with E-state index in [0.29, 0.717) is 26.9 Å². The molecule has 10 heteroatoms. The molecule has 1 N–H and O–H groups in total. The molecule has 0 aromatic heterocycles. The maximum Gasteiger partial charge on any atom is 0.264 e. The van der Waals surface area contributed by atoms with Gasteiger partial charge in [0.05, 0.1) is 10.6 Å². The summed E-state index contributed by atoms with van der Waals surface area (Å²) in [5.41, 5.74) is 1.52. The highest BCUT2D eigenvalue weighted by Crippen LogP contribution is 2.29. The number of anilines is 1. The number of halogens is 2. The number of benzene rings is 3. The van der Waals surface area contributed by atoms with Crippen molar-refractivity contribution in [1.82, 2.24) is 10.2 Å². The van der Waals surface area contributed by atoms with E-state index in [1.54, 1.807) is 74.5 Å². The molecule has 0 radical (unpaired) electrons. The van der Waals surface area contributed by atoms with Gasteiger partial charge in [-0.1, -0.05) is 59.6 Å². The second-order valence-electron chi connectivity index (χ2n) is 9.21. The molecule has 2 amide bonds. The maximum absolute atomic E-state index is 13.9. The van der Waals surface area contributed by atoms with E-state index in [2.05, 4.69) is 5.32 Å². The Morgan fingerprint density at radius 1 is 0.921 bits per heavy atom. The second-order valence-corrected chi connectivity index (χ2v) is 11.9. The van der Waals surface area contributed by atoms with Crippen LogP contribution in [0.25, 0.3) is 0 Å². The molecule has 3 rings (SSSR count). The molecule has 0 unspecified atom stereocenters. The Labute approximate surface area is 234 Å². The van der Waals surface area contributed by atoms with Gasteiger partial charge < -0.3 is 10.2 Å². The van der Waals surface area contributed by atoms with Crippen LogP contribution in [0.2, 0.25) is 10.0 Å². The lowest BCUT2D eigenvalue weighted by Gasteiger charge is -2.33. The largest absolute Gasteiger partial charge is 0.352 e. The third kappa shape index (κ3) is 7.07. The third-order valence-electron chi connectivity index (χ3n) is 5.93. The lowest BCUT2D eigenvalue weighted by atomic mass is 10.1. The Morgan fingerprint density at radius 2 is 1.55 bits per heavy atom. The van der Waals surface area contributed by atoms with E-state index in [0.717, 1.165) is 4.31 Å². The highest BCUT2D eigenvalue weighted by Gasteiger charge is 2.33. The first-order valence-electron chi connectivity index (χ1n) is 12.1. The molecule has 3 aromatic rings. The summed E-state index contributed by atoms with van der Waals surface area (Å²) in [5, 5.41) is 3.70. The average molecular weight is 577 g/mol. The molecule has 1 atom stereocenters. The van der Waals surface area contributed by atoms with Gasteiger partial charge in [-0.3, -0.25) is 13.9 Å². The molecule has 0 saturated heterocycles. The summed E-state index contributed by atoms with van der Waals surface area (Å²) in [7, 11) is -4.15. The maximum atomic E-state index is 13.9. The Bertz CT molecular complexity index is 1400. The van der Waals surface area contributed by atoms with Crippen LogP contribution in [0.4, 0.5) is 5.69 Å². The Kier molecular flexibility index (Phi) is 9.82. The van der Waals surface area contributed by atoms with Crippen molar-refractivity contribution in [3.8, 4) is 0 Å². The zero-order valence-electron chi connectivity index (χ0n) is 21.7. The van der Waals surface area contributed by atoms with Crippen LogP contribution in [-0.4, -0.2) is 43.8 Å². The Hall–Kier alpha value is -3.07. The van der Waals surface area contributed by atoms with Gasteiger partial charge in [0.2, 0.25) is 11.8 Å². The van der Waals surface area contributed by atoms with Gasteiger partial charge in [0, 0.05) is 22.6 Å². The first-order valence-corrected chi connectivity index (χ1v) is 14.3. The van der Waals surface area contributed by atoms with Crippen LogP contribution < -0.4 is 9.62 Å². The molecule has 0 aliphatic heterocycles. The van der Waals surface area contributed by atoms with Crippen molar-refractivity contribution in [1.29, 1.82) is 0 Å². The number of rotatable bonds is 10. The van der Waals surface area contributed by atoms with Crippen molar-refractivity contribution >= 4 is 50.7 Å². The smallest absolute Gasteiger partial charge is 0.264 e. The molecule has 0 heterocycles. The normalized spacial score (nSPS) is 12.2. The molecule has 3 aromatic carbocycles. The van der Waals surface area contributed by atoms with E-state index in [-0.39, 0.29) is 23.4 Å². The van der Waals surface area contributed by atoms with Crippen molar-refractivity contribution in [2.45, 2.75) is 51.2 Å². The van der Waals surface area contributed by atoms with Gasteiger partial charge in [-0.2, -0.15) is 0 Å². The monoisotopic (exact) mass is 575 g/mol.